The number of aliphatic imine (C=N–C) groups is 1. The predicted octanol–water partition coefficient (Wildman–Crippen LogP) is 8.51. The molecule has 0 spiro atoms. The van der Waals surface area contributed by atoms with Crippen molar-refractivity contribution in [2.45, 2.75) is 154 Å². The van der Waals surface area contributed by atoms with Gasteiger partial charge in [0.05, 0.1) is 30.7 Å². The number of hydrogen-bond acceptors (Lipinski definition) is 2. The molecule has 2 saturated carbocycles. The van der Waals surface area contributed by atoms with Crippen molar-refractivity contribution in [2.24, 2.45) is 4.99 Å². The predicted molar refractivity (Wildman–Crippen MR) is 224 cm³/mol. The highest BCUT2D eigenvalue weighted by Crippen LogP contribution is 2.63. The van der Waals surface area contributed by atoms with Gasteiger partial charge in [0.1, 0.15) is 6.04 Å². The molecule has 0 saturated heterocycles. The molecule has 5 nitrogen and oxygen atoms in total. The molecule has 2 aliphatic rings. The number of unbranched alkanes of at least 4 members (excludes halogenated alkanes) is 3. The van der Waals surface area contributed by atoms with Crippen molar-refractivity contribution in [2.75, 3.05) is 23.8 Å². The van der Waals surface area contributed by atoms with Crippen molar-refractivity contribution in [3.63, 3.8) is 0 Å². The van der Waals surface area contributed by atoms with Gasteiger partial charge in [-0.2, -0.15) is 0 Å². The molecule has 3 aromatic rings. The van der Waals surface area contributed by atoms with E-state index in [1.165, 1.54) is 118 Å². The smallest absolute Gasteiger partial charge is 0.247 e. The molecule has 0 unspecified atom stereocenters. The highest BCUT2D eigenvalue weighted by atomic mass is 79.9. The summed E-state index contributed by atoms with van der Waals surface area (Å²) in [6.07, 6.45) is 26.2. The first-order chi connectivity index (χ1) is 25.0. The van der Waals surface area contributed by atoms with Crippen LogP contribution in [-0.2, 0) is 17.4 Å². The second-order valence-corrected chi connectivity index (χ2v) is 20.1. The minimum Gasteiger partial charge on any atom is -1.00 e. The molecule has 52 heavy (non-hydrogen) atoms. The molecule has 0 bridgehead atoms. The van der Waals surface area contributed by atoms with Gasteiger partial charge in [-0.15, -0.1) is 0 Å². The number of fused-ring (bicyclic) bond motifs is 1. The van der Waals surface area contributed by atoms with Crippen LogP contribution < -0.4 is 32.9 Å². The van der Waals surface area contributed by atoms with E-state index >= 15 is 0 Å². The number of carbonyl (C=O) groups is 1. The fraction of sp³-hybridized carbons (Fsp3) is 0.600. The van der Waals surface area contributed by atoms with E-state index < -0.39 is 13.3 Å². The summed E-state index contributed by atoms with van der Waals surface area (Å²) in [5.41, 5.74) is 3.46. The molecule has 0 heterocycles. The summed E-state index contributed by atoms with van der Waals surface area (Å²) >= 11 is 0. The summed E-state index contributed by atoms with van der Waals surface area (Å²) < 4.78 is 0. The van der Waals surface area contributed by atoms with Crippen LogP contribution in [0.5, 0.6) is 0 Å². The van der Waals surface area contributed by atoms with Gasteiger partial charge in [0.2, 0.25) is 5.91 Å². The molecule has 1 amide bonds. The molecule has 7 heteroatoms. The number of rotatable bonds is 18. The largest absolute Gasteiger partial charge is 1.00 e. The SMILES string of the molecule is CCCC[P+](CCCC)(CCCC)Cc1ccc(NC(=O)[C@H](Cc2ccc3ccccc3c2)NC(=NC2CCCCC2)NC2CCCCC2)cc1.[Br-]. The van der Waals surface area contributed by atoms with Crippen molar-refractivity contribution in [3.05, 3.63) is 77.9 Å². The number of halogens is 1. The fourth-order valence-electron chi connectivity index (χ4n) is 8.29. The Hall–Kier alpha value is -2.43. The summed E-state index contributed by atoms with van der Waals surface area (Å²) in [4.78, 5) is 19.6. The van der Waals surface area contributed by atoms with Gasteiger partial charge in [-0.25, -0.2) is 4.99 Å². The van der Waals surface area contributed by atoms with Gasteiger partial charge in [-0.3, -0.25) is 4.79 Å². The van der Waals surface area contributed by atoms with E-state index in [1.807, 2.05) is 0 Å². The van der Waals surface area contributed by atoms with E-state index in [0.29, 0.717) is 18.5 Å². The molecule has 2 fully saturated rings. The van der Waals surface area contributed by atoms with Crippen LogP contribution in [0.1, 0.15) is 135 Å². The van der Waals surface area contributed by atoms with E-state index in [0.717, 1.165) is 42.9 Å². The Labute approximate surface area is 327 Å². The Kier molecular flexibility index (Phi) is 18.5. The first-order valence-electron chi connectivity index (χ1n) is 20.8. The van der Waals surface area contributed by atoms with Crippen LogP contribution in [-0.4, -0.2) is 48.5 Å². The Morgan fingerprint density at radius 1 is 0.731 bits per heavy atom. The van der Waals surface area contributed by atoms with Crippen LogP contribution in [0.3, 0.4) is 0 Å². The fourth-order valence-corrected chi connectivity index (χ4v) is 13.4. The Morgan fingerprint density at radius 3 is 1.92 bits per heavy atom. The summed E-state index contributed by atoms with van der Waals surface area (Å²) in [5, 5.41) is 13.3. The topological polar surface area (TPSA) is 65.5 Å². The van der Waals surface area contributed by atoms with Crippen molar-refractivity contribution >= 4 is 35.6 Å². The number of guanidine groups is 1. The standard InChI is InChI=1S/C45H67N4OP.BrH/c1-4-7-30-51(31-8-5-2,32-9-6-3)35-36-25-28-42(29-26-36)46-44(50)43(34-37-24-27-38-18-16-17-19-39(38)33-37)49-45(47-40-20-12-10-13-21-40)48-41-22-14-11-15-23-41;/h16-19,24-29,33,40-41,43H,4-15,20-23,30-32,34-35H2,1-3H3,(H2-,46,47,48,49,50);1H/t43-;/m0./s1. The first-order valence-corrected chi connectivity index (χ1v) is 23.4. The van der Waals surface area contributed by atoms with Gasteiger partial charge in [0.25, 0.3) is 0 Å². The van der Waals surface area contributed by atoms with Crippen molar-refractivity contribution in [1.29, 1.82) is 0 Å². The van der Waals surface area contributed by atoms with Gasteiger partial charge in [-0.05, 0) is 79.0 Å². The molecule has 0 aromatic heterocycles. The molecule has 1 atom stereocenters. The van der Waals surface area contributed by atoms with E-state index in [-0.39, 0.29) is 22.9 Å². The van der Waals surface area contributed by atoms with E-state index in [9.17, 15) is 4.79 Å². The lowest BCUT2D eigenvalue weighted by Crippen LogP contribution is -3.00. The average molecular weight is 792 g/mol. The van der Waals surface area contributed by atoms with Crippen LogP contribution >= 0.6 is 7.26 Å². The van der Waals surface area contributed by atoms with Crippen molar-refractivity contribution in [1.82, 2.24) is 10.6 Å². The number of nitrogens with zero attached hydrogens (tertiary/aromatic N) is 1. The van der Waals surface area contributed by atoms with E-state index in [4.69, 9.17) is 4.99 Å². The lowest BCUT2D eigenvalue weighted by Gasteiger charge is -2.29. The number of hydrogen-bond donors (Lipinski definition) is 3. The third-order valence-corrected chi connectivity index (χ3v) is 16.2. The molecule has 3 N–H and O–H groups in total. The minimum absolute atomic E-state index is 0. The maximum atomic E-state index is 14.3. The number of amides is 1. The number of nitrogens with one attached hydrogen (secondary N) is 3. The molecule has 0 radical (unpaired) electrons. The Bertz CT molecular complexity index is 1480. The summed E-state index contributed by atoms with van der Waals surface area (Å²) in [7, 11) is -1.05. The zero-order chi connectivity index (χ0) is 35.7. The van der Waals surface area contributed by atoms with Crippen LogP contribution in [0.25, 0.3) is 10.8 Å². The third kappa shape index (κ3) is 13.5. The lowest BCUT2D eigenvalue weighted by molar-refractivity contribution is -0.117. The van der Waals surface area contributed by atoms with E-state index in [1.54, 1.807) is 0 Å². The molecule has 5 rings (SSSR count). The third-order valence-electron chi connectivity index (χ3n) is 11.4. The summed E-state index contributed by atoms with van der Waals surface area (Å²) in [6, 6.07) is 24.2. The first kappa shape index (κ1) is 42.3. The quantitative estimate of drug-likeness (QED) is 0.0688. The zero-order valence-electron chi connectivity index (χ0n) is 32.6. The monoisotopic (exact) mass is 790 g/mol. The maximum Gasteiger partial charge on any atom is 0.247 e. The summed E-state index contributed by atoms with van der Waals surface area (Å²) in [5.74, 6) is 0.810. The molecular weight excluding hydrogens is 723 g/mol. The highest BCUT2D eigenvalue weighted by Gasteiger charge is 2.35. The van der Waals surface area contributed by atoms with E-state index in [2.05, 4.69) is 103 Å². The van der Waals surface area contributed by atoms with Gasteiger partial charge < -0.3 is 32.9 Å². The van der Waals surface area contributed by atoms with Gasteiger partial charge in [0, 0.05) is 25.4 Å². The van der Waals surface area contributed by atoms with Gasteiger partial charge in [-0.1, -0.05) is 133 Å². The molecule has 2 aliphatic carbocycles. The second-order valence-electron chi connectivity index (χ2n) is 15.7. The summed E-state index contributed by atoms with van der Waals surface area (Å²) in [6.45, 7) is 7.01. The normalized spacial score (nSPS) is 16.6. The van der Waals surface area contributed by atoms with Crippen molar-refractivity contribution in [3.8, 4) is 0 Å². The highest BCUT2D eigenvalue weighted by molar-refractivity contribution is 7.75. The van der Waals surface area contributed by atoms with Crippen LogP contribution in [0.2, 0.25) is 0 Å². The van der Waals surface area contributed by atoms with Crippen LogP contribution in [0.4, 0.5) is 5.69 Å². The molecule has 286 valence electrons. The Morgan fingerprint density at radius 2 is 1.31 bits per heavy atom. The Balaban J connectivity index is 0.00000605. The van der Waals surface area contributed by atoms with Gasteiger partial charge in [0.15, 0.2) is 5.96 Å². The minimum atomic E-state index is -1.05. The second kappa shape index (κ2) is 22.7. The van der Waals surface area contributed by atoms with Crippen molar-refractivity contribution < 1.29 is 21.8 Å². The number of anilines is 1. The lowest BCUT2D eigenvalue weighted by atomic mass is 9.95. The zero-order valence-corrected chi connectivity index (χ0v) is 35.1. The van der Waals surface area contributed by atoms with Gasteiger partial charge >= 0.3 is 0 Å². The number of carbonyl (C=O) groups excluding carboxylic acids is 1. The van der Waals surface area contributed by atoms with Crippen LogP contribution in [0, 0.1) is 0 Å². The average Bonchev–Trinajstić information content (AvgIpc) is 3.16. The maximum absolute atomic E-state index is 14.3. The van der Waals surface area contributed by atoms with Crippen LogP contribution in [0.15, 0.2) is 71.7 Å². The molecular formula is C45H68BrN4OP. The molecule has 3 aromatic carbocycles. The molecule has 0 aliphatic heterocycles. The number of benzene rings is 3.